The Bertz CT molecular complexity index is 860. The Labute approximate surface area is 158 Å². The molecule has 0 spiro atoms. The maximum atomic E-state index is 12.3. The third-order valence-electron chi connectivity index (χ3n) is 4.13. The summed E-state index contributed by atoms with van der Waals surface area (Å²) < 4.78 is 10.7. The van der Waals surface area contributed by atoms with Crippen LogP contribution in [-0.4, -0.2) is 34.6 Å². The first-order valence-corrected chi connectivity index (χ1v) is 8.99. The van der Waals surface area contributed by atoms with Gasteiger partial charge in [0.15, 0.2) is 0 Å². The van der Waals surface area contributed by atoms with Crippen LogP contribution < -0.4 is 4.74 Å². The van der Waals surface area contributed by atoms with Crippen LogP contribution in [0.25, 0.3) is 11.4 Å². The Hall–Kier alpha value is -3.15. The van der Waals surface area contributed by atoms with Crippen LogP contribution in [0.3, 0.4) is 0 Å². The molecule has 140 valence electrons. The van der Waals surface area contributed by atoms with E-state index in [9.17, 15) is 4.79 Å². The largest absolute Gasteiger partial charge is 0.494 e. The van der Waals surface area contributed by atoms with Crippen LogP contribution in [0.15, 0.2) is 59.1 Å². The second-order valence-corrected chi connectivity index (χ2v) is 6.20. The summed E-state index contributed by atoms with van der Waals surface area (Å²) in [5.41, 5.74) is 1.95. The van der Waals surface area contributed by atoms with Crippen molar-refractivity contribution in [3.05, 3.63) is 66.1 Å². The number of hydrogen-bond acceptors (Lipinski definition) is 5. The van der Waals surface area contributed by atoms with Gasteiger partial charge in [-0.2, -0.15) is 4.98 Å². The molecule has 6 nitrogen and oxygen atoms in total. The lowest BCUT2D eigenvalue weighted by molar-refractivity contribution is -0.130. The molecule has 6 heteroatoms. The van der Waals surface area contributed by atoms with E-state index in [1.807, 2.05) is 61.5 Å². The van der Waals surface area contributed by atoms with Gasteiger partial charge in [-0.1, -0.05) is 35.5 Å². The number of carbonyl (C=O) groups excluding carboxylic acids is 1. The first-order valence-electron chi connectivity index (χ1n) is 8.99. The van der Waals surface area contributed by atoms with E-state index < -0.39 is 0 Å². The molecule has 1 aromatic heterocycles. The Balaban J connectivity index is 1.53. The van der Waals surface area contributed by atoms with Crippen LogP contribution in [0.4, 0.5) is 0 Å². The molecule has 0 saturated carbocycles. The first kappa shape index (κ1) is 18.6. The van der Waals surface area contributed by atoms with Gasteiger partial charge < -0.3 is 14.2 Å². The van der Waals surface area contributed by atoms with Gasteiger partial charge in [0.1, 0.15) is 5.75 Å². The normalized spacial score (nSPS) is 10.6. The van der Waals surface area contributed by atoms with Gasteiger partial charge in [-0.15, -0.1) is 0 Å². The number of hydrogen-bond donors (Lipinski definition) is 0. The first-order chi connectivity index (χ1) is 13.2. The van der Waals surface area contributed by atoms with Crippen molar-refractivity contribution in [3.63, 3.8) is 0 Å². The predicted octanol–water partition coefficient (Wildman–Crippen LogP) is 3.73. The lowest BCUT2D eigenvalue weighted by Crippen LogP contribution is -2.26. The zero-order valence-corrected chi connectivity index (χ0v) is 15.6. The lowest BCUT2D eigenvalue weighted by Gasteiger charge is -2.16. The number of aryl methyl sites for hydroxylation is 1. The highest BCUT2D eigenvalue weighted by molar-refractivity contribution is 5.76. The van der Waals surface area contributed by atoms with Gasteiger partial charge in [0.2, 0.25) is 17.6 Å². The molecule has 2 aromatic carbocycles. The fraction of sp³-hybridized carbons (Fsp3) is 0.286. The zero-order chi connectivity index (χ0) is 19.1. The summed E-state index contributed by atoms with van der Waals surface area (Å²) in [6, 6.07) is 17.4. The van der Waals surface area contributed by atoms with Crippen molar-refractivity contribution >= 4 is 5.91 Å². The highest BCUT2D eigenvalue weighted by Gasteiger charge is 2.13. The number of aromatic nitrogens is 2. The Morgan fingerprint density at radius 2 is 1.85 bits per heavy atom. The Kier molecular flexibility index (Phi) is 6.20. The second kappa shape index (κ2) is 8.98. The molecule has 0 bridgehead atoms. The van der Waals surface area contributed by atoms with Crippen LogP contribution in [0.2, 0.25) is 0 Å². The van der Waals surface area contributed by atoms with E-state index in [0.717, 1.165) is 16.9 Å². The van der Waals surface area contributed by atoms with Gasteiger partial charge in [0.25, 0.3) is 0 Å². The summed E-state index contributed by atoms with van der Waals surface area (Å²) >= 11 is 0. The quantitative estimate of drug-likeness (QED) is 0.608. The SMILES string of the molecule is CCOc1ccc(-c2noc(CCC(=O)N(C)Cc3ccccc3)n2)cc1. The van der Waals surface area contributed by atoms with Crippen LogP contribution in [0, 0.1) is 0 Å². The number of carbonyl (C=O) groups is 1. The van der Waals surface area contributed by atoms with E-state index >= 15 is 0 Å². The van der Waals surface area contributed by atoms with Crippen LogP contribution >= 0.6 is 0 Å². The number of nitrogens with zero attached hydrogens (tertiary/aromatic N) is 3. The highest BCUT2D eigenvalue weighted by Crippen LogP contribution is 2.20. The van der Waals surface area contributed by atoms with E-state index in [1.54, 1.807) is 11.9 Å². The van der Waals surface area contributed by atoms with Crippen molar-refractivity contribution in [1.82, 2.24) is 15.0 Å². The van der Waals surface area contributed by atoms with E-state index in [-0.39, 0.29) is 5.91 Å². The average Bonchev–Trinajstić information content (AvgIpc) is 3.17. The Morgan fingerprint density at radius 1 is 1.11 bits per heavy atom. The second-order valence-electron chi connectivity index (χ2n) is 6.20. The van der Waals surface area contributed by atoms with E-state index in [1.165, 1.54) is 0 Å². The third kappa shape index (κ3) is 5.17. The summed E-state index contributed by atoms with van der Waals surface area (Å²) in [6.07, 6.45) is 0.746. The molecule has 27 heavy (non-hydrogen) atoms. The van der Waals surface area contributed by atoms with Crippen molar-refractivity contribution in [3.8, 4) is 17.1 Å². The number of benzene rings is 2. The molecular formula is C21H23N3O3. The fourth-order valence-corrected chi connectivity index (χ4v) is 2.69. The predicted molar refractivity (Wildman–Crippen MR) is 102 cm³/mol. The van der Waals surface area contributed by atoms with Crippen molar-refractivity contribution in [2.75, 3.05) is 13.7 Å². The van der Waals surface area contributed by atoms with Gasteiger partial charge in [-0.3, -0.25) is 4.79 Å². The van der Waals surface area contributed by atoms with Gasteiger partial charge >= 0.3 is 0 Å². The molecule has 0 aliphatic rings. The molecule has 3 aromatic rings. The Morgan fingerprint density at radius 3 is 2.56 bits per heavy atom. The number of rotatable bonds is 8. The molecule has 1 amide bonds. The van der Waals surface area contributed by atoms with Gasteiger partial charge in [0.05, 0.1) is 6.61 Å². The van der Waals surface area contributed by atoms with Crippen molar-refractivity contribution < 1.29 is 14.1 Å². The van der Waals surface area contributed by atoms with E-state index in [4.69, 9.17) is 9.26 Å². The number of ether oxygens (including phenoxy) is 1. The molecule has 0 saturated heterocycles. The molecule has 0 aliphatic heterocycles. The summed E-state index contributed by atoms with van der Waals surface area (Å²) in [4.78, 5) is 18.4. The minimum absolute atomic E-state index is 0.0414. The molecule has 0 N–H and O–H groups in total. The van der Waals surface area contributed by atoms with Crippen molar-refractivity contribution in [2.45, 2.75) is 26.3 Å². The third-order valence-corrected chi connectivity index (χ3v) is 4.13. The monoisotopic (exact) mass is 365 g/mol. The molecule has 0 aliphatic carbocycles. The average molecular weight is 365 g/mol. The minimum atomic E-state index is 0.0414. The fourth-order valence-electron chi connectivity index (χ4n) is 2.69. The molecule has 0 atom stereocenters. The van der Waals surface area contributed by atoms with Crippen LogP contribution in [-0.2, 0) is 17.8 Å². The topological polar surface area (TPSA) is 68.5 Å². The summed E-state index contributed by atoms with van der Waals surface area (Å²) in [5, 5.41) is 4.00. The molecule has 1 heterocycles. The molecule has 0 fully saturated rings. The van der Waals surface area contributed by atoms with Crippen molar-refractivity contribution in [2.24, 2.45) is 0 Å². The maximum Gasteiger partial charge on any atom is 0.227 e. The van der Waals surface area contributed by atoms with Crippen LogP contribution in [0.1, 0.15) is 24.8 Å². The summed E-state index contributed by atoms with van der Waals surface area (Å²) in [5.74, 6) is 1.81. The highest BCUT2D eigenvalue weighted by atomic mass is 16.5. The van der Waals surface area contributed by atoms with Gasteiger partial charge in [-0.05, 0) is 36.8 Å². The lowest BCUT2D eigenvalue weighted by atomic mass is 10.2. The summed E-state index contributed by atoms with van der Waals surface area (Å²) in [7, 11) is 1.80. The van der Waals surface area contributed by atoms with Gasteiger partial charge in [-0.25, -0.2) is 0 Å². The minimum Gasteiger partial charge on any atom is -0.494 e. The smallest absolute Gasteiger partial charge is 0.227 e. The van der Waals surface area contributed by atoms with Gasteiger partial charge in [0, 0.05) is 32.0 Å². The maximum absolute atomic E-state index is 12.3. The molecule has 3 rings (SSSR count). The molecular weight excluding hydrogens is 342 g/mol. The standard InChI is InChI=1S/C21H23N3O3/c1-3-26-18-11-9-17(10-12-18)21-22-19(27-23-21)13-14-20(25)24(2)15-16-7-5-4-6-8-16/h4-12H,3,13-15H2,1-2H3. The molecule has 0 unspecified atom stereocenters. The van der Waals surface area contributed by atoms with Crippen molar-refractivity contribution in [1.29, 1.82) is 0 Å². The molecule has 0 radical (unpaired) electrons. The van der Waals surface area contributed by atoms with Crippen LogP contribution in [0.5, 0.6) is 5.75 Å². The number of amides is 1. The van der Waals surface area contributed by atoms with E-state index in [2.05, 4.69) is 10.1 Å². The van der Waals surface area contributed by atoms with E-state index in [0.29, 0.717) is 37.7 Å². The zero-order valence-electron chi connectivity index (χ0n) is 15.6. The summed E-state index contributed by atoms with van der Waals surface area (Å²) in [6.45, 7) is 3.15.